The lowest BCUT2D eigenvalue weighted by molar-refractivity contribution is 0.0927. The third-order valence-electron chi connectivity index (χ3n) is 2.73. The molecule has 1 rings (SSSR count). The Morgan fingerprint density at radius 3 is 2.26 bits per heavy atom. The second-order valence-electron chi connectivity index (χ2n) is 5.03. The van der Waals surface area contributed by atoms with Crippen LogP contribution in [0.15, 0.2) is 12.1 Å². The largest absolute Gasteiger partial charge is 0.351 e. The van der Waals surface area contributed by atoms with Gasteiger partial charge in [0, 0.05) is 24.0 Å². The predicted octanol–water partition coefficient (Wildman–Crippen LogP) is 3.64. The number of hydrogen-bond acceptors (Lipinski definition) is 1. The minimum atomic E-state index is -1.20. The summed E-state index contributed by atoms with van der Waals surface area (Å²) in [6.45, 7) is 4.12. The van der Waals surface area contributed by atoms with Gasteiger partial charge in [-0.25, -0.2) is 13.2 Å². The van der Waals surface area contributed by atoms with Crippen LogP contribution in [0.5, 0.6) is 0 Å². The Morgan fingerprint density at radius 2 is 1.79 bits per heavy atom. The highest BCUT2D eigenvalue weighted by Crippen LogP contribution is 2.21. The van der Waals surface area contributed by atoms with Crippen LogP contribution in [0, 0.1) is 22.9 Å². The molecule has 0 aliphatic carbocycles. The number of amides is 1. The van der Waals surface area contributed by atoms with Crippen molar-refractivity contribution >= 4 is 21.8 Å². The highest BCUT2D eigenvalue weighted by atomic mass is 79.9. The molecule has 6 heteroatoms. The third-order valence-corrected chi connectivity index (χ3v) is 3.13. The van der Waals surface area contributed by atoms with Crippen LogP contribution in [-0.4, -0.2) is 17.8 Å². The summed E-state index contributed by atoms with van der Waals surface area (Å²) in [5.74, 6) is -4.33. The fraction of sp³-hybridized carbons (Fsp3) is 0.462. The molecule has 1 aromatic rings. The summed E-state index contributed by atoms with van der Waals surface area (Å²) >= 11 is 3.29. The van der Waals surface area contributed by atoms with Crippen molar-refractivity contribution in [1.29, 1.82) is 0 Å². The molecule has 0 spiro atoms. The standard InChI is InChI=1S/C13H15BrF3NO/c1-13(2,3-4-14)7-18-12(19)11-9(16)5-8(15)6-10(11)17/h5-6H,3-4,7H2,1-2H3,(H,18,19). The van der Waals surface area contributed by atoms with E-state index in [1.165, 1.54) is 0 Å². The number of carbonyl (C=O) groups excluding carboxylic acids is 1. The topological polar surface area (TPSA) is 29.1 Å². The van der Waals surface area contributed by atoms with Gasteiger partial charge in [0.25, 0.3) is 5.91 Å². The molecule has 0 fully saturated rings. The van der Waals surface area contributed by atoms with Crippen molar-refractivity contribution in [3.05, 3.63) is 35.1 Å². The highest BCUT2D eigenvalue weighted by Gasteiger charge is 2.22. The van der Waals surface area contributed by atoms with E-state index in [9.17, 15) is 18.0 Å². The van der Waals surface area contributed by atoms with Crippen LogP contribution in [0.4, 0.5) is 13.2 Å². The Morgan fingerprint density at radius 1 is 1.26 bits per heavy atom. The molecule has 0 atom stereocenters. The van der Waals surface area contributed by atoms with Crippen LogP contribution in [0.1, 0.15) is 30.6 Å². The maximum Gasteiger partial charge on any atom is 0.257 e. The Hall–Kier alpha value is -1.04. The van der Waals surface area contributed by atoms with E-state index in [1.807, 2.05) is 13.8 Å². The van der Waals surface area contributed by atoms with E-state index < -0.39 is 28.9 Å². The van der Waals surface area contributed by atoms with E-state index in [0.29, 0.717) is 12.1 Å². The molecule has 0 aromatic heterocycles. The summed E-state index contributed by atoms with van der Waals surface area (Å²) in [5, 5.41) is 3.22. The van der Waals surface area contributed by atoms with E-state index in [4.69, 9.17) is 0 Å². The van der Waals surface area contributed by atoms with Crippen molar-refractivity contribution in [2.24, 2.45) is 5.41 Å². The number of nitrogens with one attached hydrogen (secondary N) is 1. The first-order valence-corrected chi connectivity index (χ1v) is 6.88. The average molecular weight is 338 g/mol. The fourth-order valence-electron chi connectivity index (χ4n) is 1.51. The zero-order chi connectivity index (χ0) is 14.6. The van der Waals surface area contributed by atoms with Crippen LogP contribution in [0.25, 0.3) is 0 Å². The van der Waals surface area contributed by atoms with Gasteiger partial charge >= 0.3 is 0 Å². The van der Waals surface area contributed by atoms with Crippen LogP contribution in [0.2, 0.25) is 0 Å². The number of rotatable bonds is 5. The van der Waals surface area contributed by atoms with E-state index >= 15 is 0 Å². The summed E-state index contributed by atoms with van der Waals surface area (Å²) in [5.41, 5.74) is -0.956. The van der Waals surface area contributed by atoms with Gasteiger partial charge in [0.1, 0.15) is 23.0 Å². The fourth-order valence-corrected chi connectivity index (χ4v) is 2.58. The van der Waals surface area contributed by atoms with Crippen molar-refractivity contribution in [1.82, 2.24) is 5.32 Å². The third kappa shape index (κ3) is 4.53. The maximum atomic E-state index is 13.4. The molecular weight excluding hydrogens is 323 g/mol. The lowest BCUT2D eigenvalue weighted by Crippen LogP contribution is -2.35. The molecule has 1 amide bonds. The predicted molar refractivity (Wildman–Crippen MR) is 70.8 cm³/mol. The Kier molecular flexibility index (Phi) is 5.40. The summed E-state index contributed by atoms with van der Waals surface area (Å²) in [6, 6.07) is 0.975. The molecule has 0 saturated carbocycles. The summed E-state index contributed by atoms with van der Waals surface area (Å²) in [6.07, 6.45) is 0.793. The second-order valence-corrected chi connectivity index (χ2v) is 5.82. The van der Waals surface area contributed by atoms with Gasteiger partial charge < -0.3 is 5.32 Å². The number of carbonyl (C=O) groups is 1. The van der Waals surface area contributed by atoms with Gasteiger partial charge in [0.2, 0.25) is 0 Å². The van der Waals surface area contributed by atoms with E-state index in [0.717, 1.165) is 11.8 Å². The lowest BCUT2D eigenvalue weighted by atomic mass is 9.90. The quantitative estimate of drug-likeness (QED) is 0.816. The molecule has 0 bridgehead atoms. The molecule has 0 aliphatic rings. The molecule has 2 nitrogen and oxygen atoms in total. The molecule has 0 unspecified atom stereocenters. The maximum absolute atomic E-state index is 13.4. The van der Waals surface area contributed by atoms with Crippen molar-refractivity contribution in [2.45, 2.75) is 20.3 Å². The molecular formula is C13H15BrF3NO. The first-order chi connectivity index (χ1) is 8.76. The van der Waals surface area contributed by atoms with E-state index in [2.05, 4.69) is 21.2 Å². The Labute approximate surface area is 118 Å². The van der Waals surface area contributed by atoms with Crippen molar-refractivity contribution in [2.75, 3.05) is 11.9 Å². The molecule has 0 aliphatic heterocycles. The lowest BCUT2D eigenvalue weighted by Gasteiger charge is -2.24. The molecule has 1 aromatic carbocycles. The second kappa shape index (κ2) is 6.41. The zero-order valence-electron chi connectivity index (χ0n) is 10.7. The van der Waals surface area contributed by atoms with Crippen LogP contribution < -0.4 is 5.32 Å². The van der Waals surface area contributed by atoms with Gasteiger partial charge in [-0.15, -0.1) is 0 Å². The minimum Gasteiger partial charge on any atom is -0.351 e. The van der Waals surface area contributed by atoms with Crippen molar-refractivity contribution < 1.29 is 18.0 Å². The number of benzene rings is 1. The van der Waals surface area contributed by atoms with E-state index in [-0.39, 0.29) is 12.0 Å². The average Bonchev–Trinajstić information content (AvgIpc) is 2.25. The molecule has 0 radical (unpaired) electrons. The van der Waals surface area contributed by atoms with Crippen molar-refractivity contribution in [3.8, 4) is 0 Å². The van der Waals surface area contributed by atoms with Gasteiger partial charge in [0.15, 0.2) is 0 Å². The smallest absolute Gasteiger partial charge is 0.257 e. The van der Waals surface area contributed by atoms with Gasteiger partial charge in [-0.2, -0.15) is 0 Å². The minimum absolute atomic E-state index is 0.202. The Balaban J connectivity index is 2.80. The van der Waals surface area contributed by atoms with Gasteiger partial charge in [-0.3, -0.25) is 4.79 Å². The summed E-state index contributed by atoms with van der Waals surface area (Å²) < 4.78 is 39.5. The first-order valence-electron chi connectivity index (χ1n) is 5.75. The molecule has 0 heterocycles. The van der Waals surface area contributed by atoms with E-state index in [1.54, 1.807) is 0 Å². The van der Waals surface area contributed by atoms with Crippen LogP contribution >= 0.6 is 15.9 Å². The normalized spacial score (nSPS) is 11.5. The highest BCUT2D eigenvalue weighted by molar-refractivity contribution is 9.09. The van der Waals surface area contributed by atoms with Gasteiger partial charge in [-0.1, -0.05) is 29.8 Å². The Bertz CT molecular complexity index is 454. The van der Waals surface area contributed by atoms with Gasteiger partial charge in [-0.05, 0) is 11.8 Å². The number of alkyl halides is 1. The van der Waals surface area contributed by atoms with Crippen molar-refractivity contribution in [3.63, 3.8) is 0 Å². The molecule has 1 N–H and O–H groups in total. The summed E-state index contributed by atoms with van der Waals surface area (Å²) in [7, 11) is 0. The molecule has 19 heavy (non-hydrogen) atoms. The number of halogens is 4. The van der Waals surface area contributed by atoms with Gasteiger partial charge in [0.05, 0.1) is 0 Å². The van der Waals surface area contributed by atoms with Crippen LogP contribution in [-0.2, 0) is 0 Å². The SMILES string of the molecule is CC(C)(CCBr)CNC(=O)c1c(F)cc(F)cc1F. The monoisotopic (exact) mass is 337 g/mol. The van der Waals surface area contributed by atoms with Crippen LogP contribution in [0.3, 0.4) is 0 Å². The molecule has 106 valence electrons. The zero-order valence-corrected chi connectivity index (χ0v) is 12.3. The summed E-state index contributed by atoms with van der Waals surface area (Å²) in [4.78, 5) is 11.7. The number of hydrogen-bond donors (Lipinski definition) is 1. The molecule has 0 saturated heterocycles. The first kappa shape index (κ1) is 16.0.